The van der Waals surface area contributed by atoms with Gasteiger partial charge in [0.15, 0.2) is 0 Å². The smallest absolute Gasteiger partial charge is 0.137 e. The summed E-state index contributed by atoms with van der Waals surface area (Å²) in [5.74, 6) is 1.78. The van der Waals surface area contributed by atoms with Gasteiger partial charge in [0.1, 0.15) is 11.6 Å². The summed E-state index contributed by atoms with van der Waals surface area (Å²) in [5, 5.41) is 7.46. The molecule has 2 heterocycles. The third kappa shape index (κ3) is 4.53. The van der Waals surface area contributed by atoms with Gasteiger partial charge in [0.05, 0.1) is 11.4 Å². The number of rotatable bonds is 6. The average molecular weight is 595 g/mol. The second kappa shape index (κ2) is 11.0. The van der Waals surface area contributed by atoms with Crippen LogP contribution in [0.25, 0.3) is 32.3 Å². The molecule has 0 atom stereocenters. The van der Waals surface area contributed by atoms with E-state index in [1.807, 2.05) is 12.4 Å². The van der Waals surface area contributed by atoms with Crippen molar-refractivity contribution >= 4 is 66.7 Å². The summed E-state index contributed by atoms with van der Waals surface area (Å²) in [5.41, 5.74) is 9.11. The molecule has 0 amide bonds. The van der Waals surface area contributed by atoms with Gasteiger partial charge in [-0.3, -0.25) is 9.80 Å². The topological polar surface area (TPSA) is 32.3 Å². The van der Waals surface area contributed by atoms with E-state index in [2.05, 4.69) is 159 Å². The van der Waals surface area contributed by atoms with Crippen LogP contribution in [0.3, 0.4) is 0 Å². The number of aromatic nitrogens is 2. The number of aryl methyl sites for hydroxylation is 4. The summed E-state index contributed by atoms with van der Waals surface area (Å²) in [4.78, 5) is 14.4. The molecule has 0 aliphatic heterocycles. The van der Waals surface area contributed by atoms with Crippen LogP contribution >= 0.6 is 0 Å². The van der Waals surface area contributed by atoms with E-state index in [-0.39, 0.29) is 0 Å². The minimum Gasteiger partial charge on any atom is -0.294 e. The highest BCUT2D eigenvalue weighted by Gasteiger charge is 2.24. The summed E-state index contributed by atoms with van der Waals surface area (Å²) < 4.78 is 0. The lowest BCUT2D eigenvalue weighted by atomic mass is 9.88. The van der Waals surface area contributed by atoms with Gasteiger partial charge in [-0.1, -0.05) is 72.8 Å². The molecule has 0 aliphatic carbocycles. The van der Waals surface area contributed by atoms with Crippen LogP contribution in [0, 0.1) is 27.7 Å². The fraction of sp³-hybridized carbons (Fsp3) is 0.0952. The minimum atomic E-state index is 0.892. The summed E-state index contributed by atoms with van der Waals surface area (Å²) in [6, 6.07) is 43.4. The lowest BCUT2D eigenvalue weighted by molar-refractivity contribution is 1.16. The number of pyridine rings is 2. The molecule has 0 saturated carbocycles. The summed E-state index contributed by atoms with van der Waals surface area (Å²) in [6.45, 7) is 8.60. The lowest BCUT2D eigenvalue weighted by Crippen LogP contribution is -2.13. The van der Waals surface area contributed by atoms with Gasteiger partial charge < -0.3 is 0 Å². The molecular formula is C42H34N4. The third-order valence-corrected chi connectivity index (χ3v) is 9.03. The molecule has 0 aliphatic rings. The monoisotopic (exact) mass is 594 g/mol. The van der Waals surface area contributed by atoms with E-state index in [1.54, 1.807) is 0 Å². The molecule has 6 aromatic carbocycles. The predicted octanol–water partition coefficient (Wildman–Crippen LogP) is 11.5. The van der Waals surface area contributed by atoms with E-state index in [4.69, 9.17) is 9.97 Å². The van der Waals surface area contributed by atoms with Crippen LogP contribution in [0.5, 0.6) is 0 Å². The lowest BCUT2D eigenvalue weighted by Gasteiger charge is -2.29. The zero-order valence-corrected chi connectivity index (χ0v) is 26.5. The van der Waals surface area contributed by atoms with Crippen molar-refractivity contribution in [1.82, 2.24) is 9.97 Å². The van der Waals surface area contributed by atoms with Crippen LogP contribution in [0.15, 0.2) is 134 Å². The van der Waals surface area contributed by atoms with E-state index in [0.717, 1.165) is 45.5 Å². The Hall–Kier alpha value is -5.74. The van der Waals surface area contributed by atoms with Crippen LogP contribution in [0.2, 0.25) is 0 Å². The van der Waals surface area contributed by atoms with Crippen LogP contribution in [0.4, 0.5) is 34.4 Å². The standard InChI is InChI=1S/C42H34N4/c1-27-15-21-39(43-25-27)45(31-11-7-5-8-12-31)37-23-29(3)33-18-20-36-38(24-30(4)34-17-19-35(37)41(33)42(34)36)46(32-13-9-6-10-14-32)40-22-16-28(2)26-44-40/h5-26H,1-4H3. The number of hydrogen-bond donors (Lipinski definition) is 0. The molecule has 0 N–H and O–H groups in total. The number of anilines is 6. The molecule has 0 spiro atoms. The second-order valence-electron chi connectivity index (χ2n) is 12.2. The van der Waals surface area contributed by atoms with Gasteiger partial charge in [-0.05, 0) is 120 Å². The van der Waals surface area contributed by atoms with Crippen molar-refractivity contribution in [2.75, 3.05) is 9.80 Å². The molecule has 2 aromatic heterocycles. The van der Waals surface area contributed by atoms with Crippen molar-refractivity contribution < 1.29 is 0 Å². The Morgan fingerprint density at radius 1 is 0.413 bits per heavy atom. The fourth-order valence-electron chi connectivity index (χ4n) is 6.80. The Morgan fingerprint density at radius 3 is 1.17 bits per heavy atom. The van der Waals surface area contributed by atoms with Gasteiger partial charge in [-0.25, -0.2) is 9.97 Å². The van der Waals surface area contributed by atoms with E-state index >= 15 is 0 Å². The molecule has 222 valence electrons. The largest absolute Gasteiger partial charge is 0.294 e. The first-order valence-electron chi connectivity index (χ1n) is 15.8. The molecule has 8 aromatic rings. The molecule has 46 heavy (non-hydrogen) atoms. The quantitative estimate of drug-likeness (QED) is 0.179. The van der Waals surface area contributed by atoms with Gasteiger partial charge >= 0.3 is 0 Å². The van der Waals surface area contributed by atoms with Crippen molar-refractivity contribution in [3.63, 3.8) is 0 Å². The maximum absolute atomic E-state index is 4.91. The number of benzene rings is 6. The third-order valence-electron chi connectivity index (χ3n) is 9.03. The molecule has 0 bridgehead atoms. The van der Waals surface area contributed by atoms with Crippen molar-refractivity contribution in [1.29, 1.82) is 0 Å². The number of nitrogens with zero attached hydrogens (tertiary/aromatic N) is 4. The first kappa shape index (κ1) is 27.8. The van der Waals surface area contributed by atoms with Crippen molar-refractivity contribution in [3.05, 3.63) is 156 Å². The van der Waals surface area contributed by atoms with Gasteiger partial charge in [-0.15, -0.1) is 0 Å². The predicted molar refractivity (Wildman–Crippen MR) is 194 cm³/mol. The number of para-hydroxylation sites is 2. The Bertz CT molecular complexity index is 2160. The molecule has 4 nitrogen and oxygen atoms in total. The van der Waals surface area contributed by atoms with E-state index in [0.29, 0.717) is 0 Å². The molecule has 8 rings (SSSR count). The molecule has 4 heteroatoms. The van der Waals surface area contributed by atoms with Crippen molar-refractivity contribution in [3.8, 4) is 0 Å². The minimum absolute atomic E-state index is 0.892. The zero-order valence-electron chi connectivity index (χ0n) is 26.5. The van der Waals surface area contributed by atoms with E-state index < -0.39 is 0 Å². The molecule has 0 unspecified atom stereocenters. The van der Waals surface area contributed by atoms with E-state index in [9.17, 15) is 0 Å². The first-order valence-corrected chi connectivity index (χ1v) is 15.8. The normalized spacial score (nSPS) is 11.5. The summed E-state index contributed by atoms with van der Waals surface area (Å²) >= 11 is 0. The van der Waals surface area contributed by atoms with Crippen LogP contribution in [-0.2, 0) is 0 Å². The maximum Gasteiger partial charge on any atom is 0.137 e. The highest BCUT2D eigenvalue weighted by Crippen LogP contribution is 2.48. The number of hydrogen-bond acceptors (Lipinski definition) is 4. The van der Waals surface area contributed by atoms with Crippen molar-refractivity contribution in [2.24, 2.45) is 0 Å². The van der Waals surface area contributed by atoms with Gasteiger partial charge in [0.25, 0.3) is 0 Å². The molecular weight excluding hydrogens is 560 g/mol. The second-order valence-corrected chi connectivity index (χ2v) is 12.2. The summed E-state index contributed by atoms with van der Waals surface area (Å²) in [7, 11) is 0. The molecule has 0 radical (unpaired) electrons. The van der Waals surface area contributed by atoms with Crippen molar-refractivity contribution in [2.45, 2.75) is 27.7 Å². The first-order chi connectivity index (χ1) is 22.5. The van der Waals surface area contributed by atoms with E-state index in [1.165, 1.54) is 43.4 Å². The molecule has 0 fully saturated rings. The highest BCUT2D eigenvalue weighted by atomic mass is 15.2. The Kier molecular flexibility index (Phi) is 6.65. The van der Waals surface area contributed by atoms with Crippen LogP contribution < -0.4 is 9.80 Å². The van der Waals surface area contributed by atoms with Crippen LogP contribution in [0.1, 0.15) is 22.3 Å². The zero-order chi connectivity index (χ0) is 31.4. The van der Waals surface area contributed by atoms with Gasteiger partial charge in [0.2, 0.25) is 0 Å². The van der Waals surface area contributed by atoms with Gasteiger partial charge in [-0.2, -0.15) is 0 Å². The molecule has 0 saturated heterocycles. The van der Waals surface area contributed by atoms with Gasteiger partial charge in [0, 0.05) is 34.5 Å². The van der Waals surface area contributed by atoms with Crippen LogP contribution in [-0.4, -0.2) is 9.97 Å². The Balaban J connectivity index is 1.46. The highest BCUT2D eigenvalue weighted by molar-refractivity contribution is 6.29. The maximum atomic E-state index is 4.91. The Morgan fingerprint density at radius 2 is 0.804 bits per heavy atom. The summed E-state index contributed by atoms with van der Waals surface area (Å²) in [6.07, 6.45) is 3.89. The fourth-order valence-corrected chi connectivity index (χ4v) is 6.80. The average Bonchev–Trinajstić information content (AvgIpc) is 3.09. The SMILES string of the molecule is Cc1ccc(N(c2ccccc2)c2cc(C)c3ccc4c(N(c5ccccc5)c5ccc(C)cn5)cc(C)c5ccc2c3c54)nc1. The Labute approximate surface area is 269 Å².